The predicted molar refractivity (Wildman–Crippen MR) is 171 cm³/mol. The van der Waals surface area contributed by atoms with E-state index in [1.165, 1.54) is 30.0 Å². The molecule has 3 rings (SSSR count). The number of hydrogen-bond acceptors (Lipinski definition) is 11. The first-order valence-electron chi connectivity index (χ1n) is 15.0. The van der Waals surface area contributed by atoms with Crippen LogP contribution >= 0.6 is 0 Å². The summed E-state index contributed by atoms with van der Waals surface area (Å²) in [5, 5.41) is 30.4. The molecule has 11 N–H and O–H groups in total. The molecule has 1 aliphatic heterocycles. The first-order valence-corrected chi connectivity index (χ1v) is 15.0. The number of primary amides is 2. The van der Waals surface area contributed by atoms with Crippen molar-refractivity contribution in [2.75, 3.05) is 18.8 Å². The Kier molecular flexibility index (Phi) is 12.5. The zero-order valence-corrected chi connectivity index (χ0v) is 26.3. The van der Waals surface area contributed by atoms with Gasteiger partial charge in [0.15, 0.2) is 5.75 Å². The van der Waals surface area contributed by atoms with Crippen LogP contribution in [0.4, 0.5) is 11.4 Å². The molecule has 0 bridgehead atoms. The minimum atomic E-state index is -1.60. The molecule has 19 nitrogen and oxygen atoms in total. The summed E-state index contributed by atoms with van der Waals surface area (Å²) in [5.41, 5.74) is 16.4. The van der Waals surface area contributed by atoms with Gasteiger partial charge in [-0.3, -0.25) is 43.7 Å². The fourth-order valence-corrected chi connectivity index (χ4v) is 5.05. The number of likely N-dealkylation sites (tertiary alicyclic amines) is 1. The molecule has 0 radical (unpaired) electrons. The summed E-state index contributed by atoms with van der Waals surface area (Å²) in [6.07, 6.45) is -0.440. The molecule has 7 amide bonds. The Morgan fingerprint density at radius 3 is 2.33 bits per heavy atom. The number of nitro benzene ring substituents is 1. The van der Waals surface area contributed by atoms with Crippen LogP contribution in [0.3, 0.4) is 0 Å². The summed E-state index contributed by atoms with van der Waals surface area (Å²) in [6.45, 7) is 1.03. The van der Waals surface area contributed by atoms with Gasteiger partial charge in [0.2, 0.25) is 35.4 Å². The smallest absolute Gasteiger partial charge is 0.310 e. The van der Waals surface area contributed by atoms with E-state index in [1.807, 2.05) is 0 Å². The van der Waals surface area contributed by atoms with Gasteiger partial charge >= 0.3 is 5.69 Å². The highest BCUT2D eigenvalue weighted by atomic mass is 16.6. The molecule has 0 unspecified atom stereocenters. The van der Waals surface area contributed by atoms with Crippen LogP contribution in [0, 0.1) is 10.1 Å². The number of rotatable bonds is 15. The number of nitrogens with zero attached hydrogens (tertiary/aromatic N) is 2. The Morgan fingerprint density at radius 1 is 1.00 bits per heavy atom. The van der Waals surface area contributed by atoms with Gasteiger partial charge in [-0.05, 0) is 43.5 Å². The van der Waals surface area contributed by atoms with Gasteiger partial charge in [-0.2, -0.15) is 0 Å². The molecule has 0 aromatic heterocycles. The molecular weight excluding hydrogens is 646 g/mol. The average Bonchev–Trinajstić information content (AvgIpc) is 3.54. The number of benzene rings is 2. The lowest BCUT2D eigenvalue weighted by molar-refractivity contribution is -0.385. The highest BCUT2D eigenvalue weighted by Gasteiger charge is 2.37. The molecule has 1 heterocycles. The molecule has 2 aromatic rings. The van der Waals surface area contributed by atoms with Crippen LogP contribution in [-0.2, 0) is 35.2 Å². The van der Waals surface area contributed by atoms with Crippen LogP contribution in [0.2, 0.25) is 0 Å². The van der Waals surface area contributed by atoms with Crippen molar-refractivity contribution >= 4 is 52.7 Å². The van der Waals surface area contributed by atoms with Crippen molar-refractivity contribution < 1.29 is 43.6 Å². The van der Waals surface area contributed by atoms with E-state index in [0.717, 1.165) is 12.1 Å². The Hall–Kier alpha value is -6.27. The SMILES string of the molecule is C[C@H](NC(=O)c1ccccc1N)C(=O)NCC(=O)N1CCC[C@H]1C(=O)N[C@@H](CC(N)=O)C(=O)N[C@@H](Cc1ccc(O)c([N+](=O)[O-])c1)C(N)=O. The molecule has 49 heavy (non-hydrogen) atoms. The number of nitrogens with two attached hydrogens (primary N) is 3. The van der Waals surface area contributed by atoms with Gasteiger partial charge in [-0.1, -0.05) is 18.2 Å². The van der Waals surface area contributed by atoms with Crippen molar-refractivity contribution in [3.05, 3.63) is 63.7 Å². The first kappa shape index (κ1) is 37.2. The Balaban J connectivity index is 1.62. The van der Waals surface area contributed by atoms with E-state index in [2.05, 4.69) is 21.3 Å². The third-order valence-electron chi connectivity index (χ3n) is 7.61. The monoisotopic (exact) mass is 683 g/mol. The fourth-order valence-electron chi connectivity index (χ4n) is 5.05. The van der Waals surface area contributed by atoms with E-state index >= 15 is 0 Å². The highest BCUT2D eigenvalue weighted by Crippen LogP contribution is 2.27. The molecule has 19 heteroatoms. The number of aromatic hydroxyl groups is 1. The Bertz CT molecular complexity index is 1650. The summed E-state index contributed by atoms with van der Waals surface area (Å²) in [6, 6.07) is 4.39. The molecule has 0 aliphatic carbocycles. The Morgan fingerprint density at radius 2 is 1.69 bits per heavy atom. The largest absolute Gasteiger partial charge is 0.502 e. The number of carbonyl (C=O) groups excluding carboxylic acids is 7. The van der Waals surface area contributed by atoms with E-state index in [4.69, 9.17) is 17.2 Å². The molecule has 0 saturated carbocycles. The number of nitrogens with one attached hydrogen (secondary N) is 4. The van der Waals surface area contributed by atoms with Gasteiger partial charge in [0.05, 0.1) is 23.5 Å². The van der Waals surface area contributed by atoms with Crippen LogP contribution in [0.15, 0.2) is 42.5 Å². The number of nitrogen functional groups attached to an aromatic ring is 1. The van der Waals surface area contributed by atoms with Crippen molar-refractivity contribution in [2.24, 2.45) is 11.5 Å². The minimum Gasteiger partial charge on any atom is -0.502 e. The second-order valence-electron chi connectivity index (χ2n) is 11.2. The molecule has 0 spiro atoms. The van der Waals surface area contributed by atoms with Gasteiger partial charge in [0, 0.05) is 24.7 Å². The number of anilines is 1. The van der Waals surface area contributed by atoms with Crippen molar-refractivity contribution in [1.82, 2.24) is 26.2 Å². The third-order valence-corrected chi connectivity index (χ3v) is 7.61. The van der Waals surface area contributed by atoms with Gasteiger partial charge < -0.3 is 48.5 Å². The first-order chi connectivity index (χ1) is 23.1. The second kappa shape index (κ2) is 16.5. The zero-order valence-electron chi connectivity index (χ0n) is 26.3. The van der Waals surface area contributed by atoms with Gasteiger partial charge in [-0.25, -0.2) is 0 Å². The maximum Gasteiger partial charge on any atom is 0.310 e. The lowest BCUT2D eigenvalue weighted by atomic mass is 10.0. The number of para-hydroxylation sites is 1. The average molecular weight is 684 g/mol. The number of amides is 7. The zero-order chi connectivity index (χ0) is 36.4. The van der Waals surface area contributed by atoms with Gasteiger partial charge in [-0.15, -0.1) is 0 Å². The Labute approximate surface area is 279 Å². The van der Waals surface area contributed by atoms with Crippen LogP contribution < -0.4 is 38.5 Å². The number of phenols is 1. The fraction of sp³-hybridized carbons (Fsp3) is 0.367. The van der Waals surface area contributed by atoms with E-state index in [0.29, 0.717) is 6.42 Å². The quantitative estimate of drug-likeness (QED) is 0.0560. The van der Waals surface area contributed by atoms with E-state index < -0.39 is 94.8 Å². The van der Waals surface area contributed by atoms with Crippen molar-refractivity contribution in [3.8, 4) is 5.75 Å². The molecule has 1 saturated heterocycles. The molecule has 1 aliphatic rings. The lowest BCUT2D eigenvalue weighted by Crippen LogP contribution is -2.57. The normalized spacial score (nSPS) is 15.6. The summed E-state index contributed by atoms with van der Waals surface area (Å²) < 4.78 is 0. The van der Waals surface area contributed by atoms with Crippen molar-refractivity contribution in [3.63, 3.8) is 0 Å². The molecule has 2 aromatic carbocycles. The van der Waals surface area contributed by atoms with Crippen LogP contribution in [-0.4, -0.2) is 93.5 Å². The summed E-state index contributed by atoms with van der Waals surface area (Å²) in [7, 11) is 0. The maximum atomic E-state index is 13.3. The van der Waals surface area contributed by atoms with E-state index in [-0.39, 0.29) is 36.2 Å². The highest BCUT2D eigenvalue weighted by molar-refractivity contribution is 6.02. The van der Waals surface area contributed by atoms with Gasteiger partial charge in [0.1, 0.15) is 24.2 Å². The minimum absolute atomic E-state index is 0.140. The van der Waals surface area contributed by atoms with Crippen molar-refractivity contribution in [2.45, 2.75) is 56.8 Å². The second-order valence-corrected chi connectivity index (χ2v) is 11.2. The third kappa shape index (κ3) is 10.1. The van der Waals surface area contributed by atoms with Gasteiger partial charge in [0.25, 0.3) is 5.91 Å². The van der Waals surface area contributed by atoms with Crippen LogP contribution in [0.25, 0.3) is 0 Å². The predicted octanol–water partition coefficient (Wildman–Crippen LogP) is -2.32. The summed E-state index contributed by atoms with van der Waals surface area (Å²) >= 11 is 0. The maximum absolute atomic E-state index is 13.3. The molecule has 262 valence electrons. The van der Waals surface area contributed by atoms with Crippen LogP contribution in [0.1, 0.15) is 42.1 Å². The number of nitro groups is 1. The summed E-state index contributed by atoms with van der Waals surface area (Å²) in [5.74, 6) is -6.39. The number of carbonyl (C=O) groups is 7. The molecular formula is C30H37N9O10. The molecule has 1 fully saturated rings. The standard InChI is InChI=1S/C30H37N9O10/c1-15(35-28(45)17-5-2-3-6-18(17)31)27(44)34-14-25(42)38-10-4-7-21(38)30(47)37-20(13-24(32)41)29(46)36-19(26(33)43)11-16-8-9-23(40)22(12-16)39(48)49/h2-3,5-6,8-9,12,15,19-21,40H,4,7,10-11,13-14,31H2,1H3,(H2,32,41)(H2,33,43)(H,34,44)(H,35,45)(H,36,46)(H,37,47)/t15-,19-,20-,21-/m0/s1. The topological polar surface area (TPSA) is 312 Å². The lowest BCUT2D eigenvalue weighted by Gasteiger charge is -2.27. The van der Waals surface area contributed by atoms with E-state index in [1.54, 1.807) is 12.1 Å². The molecule has 4 atom stereocenters. The summed E-state index contributed by atoms with van der Waals surface area (Å²) in [4.78, 5) is 99.9. The van der Waals surface area contributed by atoms with E-state index in [9.17, 15) is 48.8 Å². The van der Waals surface area contributed by atoms with Crippen LogP contribution in [0.5, 0.6) is 5.75 Å². The number of hydrogen-bond donors (Lipinski definition) is 8. The number of phenolic OH excluding ortho intramolecular Hbond substituents is 1. The van der Waals surface area contributed by atoms with Crippen molar-refractivity contribution in [1.29, 1.82) is 0 Å².